The van der Waals surface area contributed by atoms with Crippen molar-refractivity contribution in [3.63, 3.8) is 0 Å². The van der Waals surface area contributed by atoms with Crippen LogP contribution in [-0.4, -0.2) is 44.5 Å². The van der Waals surface area contributed by atoms with Gasteiger partial charge in [-0.2, -0.15) is 26.3 Å². The van der Waals surface area contributed by atoms with Crippen LogP contribution in [0.25, 0.3) is 0 Å². The largest absolute Gasteiger partial charge is 0.488 e. The first-order valence-electron chi connectivity index (χ1n) is 11.2. The van der Waals surface area contributed by atoms with Gasteiger partial charge >= 0.3 is 12.4 Å². The summed E-state index contributed by atoms with van der Waals surface area (Å²) in [7, 11) is -2.45. The lowest BCUT2D eigenvalue weighted by Crippen LogP contribution is -2.23. The molecule has 4 rings (SSSR count). The highest BCUT2D eigenvalue weighted by molar-refractivity contribution is 9.10. The number of anilines is 1. The lowest BCUT2D eigenvalue weighted by molar-refractivity contribution is -0.139. The summed E-state index contributed by atoms with van der Waals surface area (Å²) in [6.07, 6.45) is -8.08. The van der Waals surface area contributed by atoms with Crippen molar-refractivity contribution in [2.24, 2.45) is 0 Å². The van der Waals surface area contributed by atoms with Crippen molar-refractivity contribution >= 4 is 43.4 Å². The van der Waals surface area contributed by atoms with Gasteiger partial charge in [-0.3, -0.25) is 4.72 Å². The number of pyridine rings is 1. The summed E-state index contributed by atoms with van der Waals surface area (Å²) in [5.74, 6) is -0.481. The van der Waals surface area contributed by atoms with Gasteiger partial charge in [0.25, 0.3) is 10.0 Å². The Kier molecular flexibility index (Phi) is 8.45. The molecule has 3 aromatic rings. The van der Waals surface area contributed by atoms with E-state index in [0.29, 0.717) is 29.4 Å². The Morgan fingerprint density at radius 1 is 1.05 bits per heavy atom. The average molecular weight is 656 g/mol. The Bertz CT molecular complexity index is 1450. The van der Waals surface area contributed by atoms with E-state index in [4.69, 9.17) is 4.74 Å². The number of likely N-dealkylation sites (N-methyl/N-ethyl adjacent to an activating group) is 1. The fourth-order valence-corrected chi connectivity index (χ4v) is 6.28. The van der Waals surface area contributed by atoms with E-state index in [0.717, 1.165) is 48.3 Å². The molecule has 1 atom stereocenters. The van der Waals surface area contributed by atoms with Crippen molar-refractivity contribution in [2.75, 3.05) is 24.9 Å². The van der Waals surface area contributed by atoms with Crippen molar-refractivity contribution in [2.45, 2.75) is 39.7 Å². The molecule has 0 bridgehead atoms. The number of hydrogen-bond donors (Lipinski definition) is 1. The zero-order chi connectivity index (χ0) is 28.6. The first-order chi connectivity index (χ1) is 18.1. The van der Waals surface area contributed by atoms with Gasteiger partial charge in [-0.25, -0.2) is 13.4 Å². The van der Waals surface area contributed by atoms with Crippen molar-refractivity contribution in [3.05, 3.63) is 70.3 Å². The molecule has 6 nitrogen and oxygen atoms in total. The number of hydrogen-bond acceptors (Lipinski definition) is 6. The molecule has 1 aromatic heterocycles. The monoisotopic (exact) mass is 655 g/mol. The number of alkyl halides is 6. The Hall–Kier alpha value is -2.49. The zero-order valence-electron chi connectivity index (χ0n) is 20.0. The predicted molar refractivity (Wildman–Crippen MR) is 136 cm³/mol. The summed E-state index contributed by atoms with van der Waals surface area (Å²) in [5, 5.41) is 0.292. The quantitative estimate of drug-likeness (QED) is 0.279. The minimum Gasteiger partial charge on any atom is -0.488 e. The molecule has 1 fully saturated rings. The highest BCUT2D eigenvalue weighted by Crippen LogP contribution is 2.40. The van der Waals surface area contributed by atoms with Gasteiger partial charge in [-0.05, 0) is 71.9 Å². The minimum absolute atomic E-state index is 0.135. The lowest BCUT2D eigenvalue weighted by atomic mass is 10.1. The molecule has 210 valence electrons. The van der Waals surface area contributed by atoms with Gasteiger partial charge < -0.3 is 9.64 Å². The van der Waals surface area contributed by atoms with Gasteiger partial charge in [0.2, 0.25) is 0 Å². The van der Waals surface area contributed by atoms with Gasteiger partial charge in [0.15, 0.2) is 0 Å². The molecule has 0 spiro atoms. The van der Waals surface area contributed by atoms with Crippen molar-refractivity contribution in [1.82, 2.24) is 9.88 Å². The second-order valence-corrected chi connectivity index (χ2v) is 12.3. The molecule has 2 aromatic carbocycles. The van der Waals surface area contributed by atoms with Gasteiger partial charge in [-0.1, -0.05) is 11.8 Å². The van der Waals surface area contributed by atoms with Crippen LogP contribution in [0.2, 0.25) is 0 Å². The number of nitrogens with zero attached hydrogens (tertiary/aromatic N) is 2. The summed E-state index contributed by atoms with van der Waals surface area (Å²) in [4.78, 5) is 6.15. The molecule has 0 radical (unpaired) electrons. The molecule has 0 amide bonds. The third-order valence-electron chi connectivity index (χ3n) is 5.67. The van der Waals surface area contributed by atoms with Crippen LogP contribution in [0, 0.1) is 0 Å². The molecule has 39 heavy (non-hydrogen) atoms. The molecule has 1 aliphatic rings. The van der Waals surface area contributed by atoms with Gasteiger partial charge in [-0.15, -0.1) is 0 Å². The van der Waals surface area contributed by atoms with Crippen LogP contribution in [0.3, 0.4) is 0 Å². The summed E-state index contributed by atoms with van der Waals surface area (Å²) in [6, 6.07) is 8.35. The van der Waals surface area contributed by atoms with Crippen molar-refractivity contribution in [3.8, 4) is 5.75 Å². The van der Waals surface area contributed by atoms with Crippen LogP contribution in [0.5, 0.6) is 5.75 Å². The number of halogens is 7. The van der Waals surface area contributed by atoms with Gasteiger partial charge in [0, 0.05) is 30.2 Å². The molecule has 0 aliphatic carbocycles. The number of nitrogens with one attached hydrogen (secondary N) is 1. The maximum absolute atomic E-state index is 13.5. The molecule has 1 saturated heterocycles. The Morgan fingerprint density at radius 2 is 1.74 bits per heavy atom. The standard InChI is InChI=1S/C24H20BrF6N3O3S2/c1-34-9-8-16(13-34)37-21-10-15(4-7-19(21)24(29,30)31)33-39(35,36)18-11-20(25)22(32-12-18)38-17-5-2-14(3-6-17)23(26,27)28/h2-7,10-12,16,33H,8-9,13H2,1H3/t16-/m1/s1. The van der Waals surface area contributed by atoms with E-state index in [2.05, 4.69) is 25.6 Å². The SMILES string of the molecule is CN1CC[C@@H](Oc2cc(NS(=O)(=O)c3cnc(Sc4ccc(C(F)(F)F)cc4)c(Br)c3)ccc2C(F)(F)F)C1. The Balaban J connectivity index is 1.53. The summed E-state index contributed by atoms with van der Waals surface area (Å²) in [6.45, 7) is 1.09. The predicted octanol–water partition coefficient (Wildman–Crippen LogP) is 6.92. The van der Waals surface area contributed by atoms with Crippen LogP contribution in [0.15, 0.2) is 74.0 Å². The smallest absolute Gasteiger partial charge is 0.419 e. The molecule has 1 N–H and O–H groups in total. The minimum atomic E-state index is -4.70. The molecule has 15 heteroatoms. The van der Waals surface area contributed by atoms with E-state index in [1.54, 1.807) is 0 Å². The van der Waals surface area contributed by atoms with Crippen LogP contribution in [0.1, 0.15) is 17.5 Å². The van der Waals surface area contributed by atoms with Gasteiger partial charge in [0.05, 0.1) is 21.3 Å². The highest BCUT2D eigenvalue weighted by atomic mass is 79.9. The topological polar surface area (TPSA) is 71.5 Å². The first kappa shape index (κ1) is 29.5. The Morgan fingerprint density at radius 3 is 2.31 bits per heavy atom. The van der Waals surface area contributed by atoms with E-state index < -0.39 is 45.4 Å². The maximum atomic E-state index is 13.5. The molecular weight excluding hydrogens is 636 g/mol. The van der Waals surface area contributed by atoms with Crippen LogP contribution < -0.4 is 9.46 Å². The van der Waals surface area contributed by atoms with Crippen LogP contribution in [0.4, 0.5) is 32.0 Å². The third kappa shape index (κ3) is 7.38. The lowest BCUT2D eigenvalue weighted by Gasteiger charge is -2.19. The molecule has 0 saturated carbocycles. The van der Waals surface area contributed by atoms with E-state index in [-0.39, 0.29) is 15.1 Å². The van der Waals surface area contributed by atoms with Crippen LogP contribution >= 0.6 is 27.7 Å². The first-order valence-corrected chi connectivity index (χ1v) is 14.3. The van der Waals surface area contributed by atoms with Crippen LogP contribution in [-0.2, 0) is 22.4 Å². The molecule has 1 aliphatic heterocycles. The van der Waals surface area contributed by atoms with E-state index in [9.17, 15) is 34.8 Å². The van der Waals surface area contributed by atoms with Crippen molar-refractivity contribution < 1.29 is 39.5 Å². The number of rotatable bonds is 7. The van der Waals surface area contributed by atoms with E-state index >= 15 is 0 Å². The van der Waals surface area contributed by atoms with Gasteiger partial charge in [0.1, 0.15) is 21.8 Å². The summed E-state index contributed by atoms with van der Waals surface area (Å²) in [5.41, 5.74) is -1.96. The fourth-order valence-electron chi connectivity index (χ4n) is 3.76. The average Bonchev–Trinajstić information content (AvgIpc) is 3.23. The van der Waals surface area contributed by atoms with Crippen molar-refractivity contribution in [1.29, 1.82) is 0 Å². The molecular formula is C24H20BrF6N3O3S2. The normalized spacial score (nSPS) is 16.9. The molecule has 2 heterocycles. The summed E-state index contributed by atoms with van der Waals surface area (Å²) >= 11 is 4.23. The Labute approximate surface area is 232 Å². The molecule has 0 unspecified atom stereocenters. The summed E-state index contributed by atoms with van der Waals surface area (Å²) < 4.78 is 113. The highest BCUT2D eigenvalue weighted by Gasteiger charge is 2.36. The number of ether oxygens (including phenoxy) is 1. The second kappa shape index (κ2) is 11.2. The zero-order valence-corrected chi connectivity index (χ0v) is 23.2. The number of aromatic nitrogens is 1. The number of sulfonamides is 1. The maximum Gasteiger partial charge on any atom is 0.419 e. The fraction of sp³-hybridized carbons (Fsp3) is 0.292. The van der Waals surface area contributed by atoms with E-state index in [1.165, 1.54) is 18.2 Å². The second-order valence-electron chi connectivity index (χ2n) is 8.69. The number of benzene rings is 2. The number of likely N-dealkylation sites (tertiary alicyclic amines) is 1. The third-order valence-corrected chi connectivity index (χ3v) is 8.91. The van der Waals surface area contributed by atoms with E-state index in [1.807, 2.05) is 11.9 Å².